The number of nitro groups is 1. The number of nitrogens with zero attached hydrogens (tertiary/aromatic N) is 2. The Morgan fingerprint density at radius 3 is 2.44 bits per heavy atom. The highest BCUT2D eigenvalue weighted by atomic mass is 16.6. The highest BCUT2D eigenvalue weighted by Gasteiger charge is 2.17. The van der Waals surface area contributed by atoms with E-state index in [2.05, 4.69) is 5.16 Å². The Balaban J connectivity index is 0.000000236. The number of hydrogen-bond donors (Lipinski definition) is 1. The van der Waals surface area contributed by atoms with E-state index in [1.54, 1.807) is 19.9 Å². The molecule has 1 aliphatic carbocycles. The molecule has 0 aliphatic heterocycles. The molecule has 1 saturated carbocycles. The second-order valence-corrected chi connectivity index (χ2v) is 6.23. The van der Waals surface area contributed by atoms with Gasteiger partial charge in [0.2, 0.25) is 0 Å². The first-order chi connectivity index (χ1) is 11.9. The molecular formula is C18H25N3O4. The number of rotatable bonds is 3. The molecule has 0 amide bonds. The van der Waals surface area contributed by atoms with Crippen LogP contribution >= 0.6 is 0 Å². The number of aromatic nitrogens is 1. The van der Waals surface area contributed by atoms with Gasteiger partial charge in [-0.15, -0.1) is 0 Å². The Kier molecular flexibility index (Phi) is 6.52. The van der Waals surface area contributed by atoms with Gasteiger partial charge in [-0.05, 0) is 38.3 Å². The molecule has 7 heteroatoms. The van der Waals surface area contributed by atoms with Gasteiger partial charge in [-0.1, -0.05) is 30.5 Å². The molecule has 1 aromatic carbocycles. The number of anilines is 1. The average molecular weight is 347 g/mol. The molecule has 25 heavy (non-hydrogen) atoms. The topological polar surface area (TPSA) is 104 Å². The minimum atomic E-state index is -0.503. The number of methoxy groups -OCH3 is 1. The molecule has 1 fully saturated rings. The Morgan fingerprint density at radius 1 is 1.28 bits per heavy atom. The second-order valence-electron chi connectivity index (χ2n) is 6.23. The third-order valence-electron chi connectivity index (χ3n) is 4.43. The van der Waals surface area contributed by atoms with Crippen molar-refractivity contribution in [1.29, 1.82) is 0 Å². The van der Waals surface area contributed by atoms with Crippen LogP contribution < -0.4 is 5.73 Å². The van der Waals surface area contributed by atoms with Crippen LogP contribution in [-0.4, -0.2) is 23.3 Å². The Bertz CT molecular complexity index is 702. The lowest BCUT2D eigenvalue weighted by molar-refractivity contribution is -0.383. The molecule has 2 aromatic rings. The summed E-state index contributed by atoms with van der Waals surface area (Å²) in [5.74, 6) is 0.626. The fourth-order valence-electron chi connectivity index (χ4n) is 3.05. The predicted octanol–water partition coefficient (Wildman–Crippen LogP) is 4.41. The quantitative estimate of drug-likeness (QED) is 0.501. The van der Waals surface area contributed by atoms with Gasteiger partial charge in [0.05, 0.1) is 16.7 Å². The molecule has 1 aliphatic rings. The Labute approximate surface area is 147 Å². The number of nitrogens with two attached hydrogens (primary N) is 1. The van der Waals surface area contributed by atoms with Gasteiger partial charge in [0.1, 0.15) is 11.4 Å². The molecular weight excluding hydrogens is 322 g/mol. The van der Waals surface area contributed by atoms with Gasteiger partial charge in [-0.2, -0.15) is 0 Å². The average Bonchev–Trinajstić information content (AvgIpc) is 2.95. The standard InChI is InChI=1S/C11H11N3O3.C7H14O/c1-6-11(7(2)17-13-6)8-3-4-9(12)10(5-8)14(15)16;1-8-7-5-3-2-4-6-7/h3-5H,12H2,1-2H3;7H,2-6H2,1H3. The third-order valence-corrected chi connectivity index (χ3v) is 4.43. The molecule has 0 spiro atoms. The van der Waals surface area contributed by atoms with Crippen molar-refractivity contribution < 1.29 is 14.2 Å². The summed E-state index contributed by atoms with van der Waals surface area (Å²) in [6.45, 7) is 3.55. The maximum atomic E-state index is 10.8. The summed E-state index contributed by atoms with van der Waals surface area (Å²) in [6, 6.07) is 4.66. The summed E-state index contributed by atoms with van der Waals surface area (Å²) in [5.41, 5.74) is 7.72. The van der Waals surface area contributed by atoms with E-state index < -0.39 is 4.92 Å². The van der Waals surface area contributed by atoms with Crippen molar-refractivity contribution in [3.05, 3.63) is 39.8 Å². The maximum absolute atomic E-state index is 10.8. The van der Waals surface area contributed by atoms with Crippen LogP contribution in [0.2, 0.25) is 0 Å². The molecule has 0 radical (unpaired) electrons. The van der Waals surface area contributed by atoms with Gasteiger partial charge >= 0.3 is 0 Å². The van der Waals surface area contributed by atoms with Gasteiger partial charge in [-0.25, -0.2) is 0 Å². The second kappa shape index (κ2) is 8.62. The highest BCUT2D eigenvalue weighted by Crippen LogP contribution is 2.32. The lowest BCUT2D eigenvalue weighted by atomic mass is 9.98. The molecule has 1 heterocycles. The van der Waals surface area contributed by atoms with Crippen molar-refractivity contribution in [3.8, 4) is 11.1 Å². The van der Waals surface area contributed by atoms with Crippen LogP contribution in [0.4, 0.5) is 11.4 Å². The summed E-state index contributed by atoms with van der Waals surface area (Å²) in [7, 11) is 1.82. The Hall–Kier alpha value is -2.41. The zero-order valence-electron chi connectivity index (χ0n) is 14.9. The largest absolute Gasteiger partial charge is 0.393 e. The van der Waals surface area contributed by atoms with E-state index in [-0.39, 0.29) is 11.4 Å². The van der Waals surface area contributed by atoms with E-state index in [0.29, 0.717) is 23.1 Å². The van der Waals surface area contributed by atoms with Crippen LogP contribution in [-0.2, 0) is 4.74 Å². The first-order valence-electron chi connectivity index (χ1n) is 8.44. The zero-order valence-corrected chi connectivity index (χ0v) is 14.9. The SMILES string of the molecule is COC1CCCCC1.Cc1noc(C)c1-c1ccc(N)c([N+](=O)[O-])c1. The summed E-state index contributed by atoms with van der Waals surface area (Å²) < 4.78 is 10.2. The van der Waals surface area contributed by atoms with Gasteiger partial charge in [0.25, 0.3) is 5.69 Å². The summed E-state index contributed by atoms with van der Waals surface area (Å²) in [6.07, 6.45) is 7.33. The molecule has 136 valence electrons. The van der Waals surface area contributed by atoms with E-state index in [0.717, 1.165) is 5.56 Å². The van der Waals surface area contributed by atoms with Crippen LogP contribution in [0.1, 0.15) is 43.6 Å². The maximum Gasteiger partial charge on any atom is 0.292 e. The molecule has 2 N–H and O–H groups in total. The number of nitrogen functional groups attached to an aromatic ring is 1. The highest BCUT2D eigenvalue weighted by molar-refractivity contribution is 5.74. The van der Waals surface area contributed by atoms with Crippen molar-refractivity contribution in [2.45, 2.75) is 52.1 Å². The van der Waals surface area contributed by atoms with Crippen molar-refractivity contribution in [2.75, 3.05) is 12.8 Å². The molecule has 3 rings (SSSR count). The molecule has 0 unspecified atom stereocenters. The van der Waals surface area contributed by atoms with Crippen molar-refractivity contribution in [2.24, 2.45) is 0 Å². The number of aryl methyl sites for hydroxylation is 2. The number of ether oxygens (including phenoxy) is 1. The van der Waals surface area contributed by atoms with Crippen molar-refractivity contribution in [3.63, 3.8) is 0 Å². The van der Waals surface area contributed by atoms with E-state index in [1.807, 2.05) is 7.11 Å². The van der Waals surface area contributed by atoms with E-state index in [1.165, 1.54) is 44.2 Å². The minimum absolute atomic E-state index is 0.109. The van der Waals surface area contributed by atoms with Crippen LogP contribution in [0.5, 0.6) is 0 Å². The van der Waals surface area contributed by atoms with Gasteiger partial charge < -0.3 is 15.0 Å². The Morgan fingerprint density at radius 2 is 1.96 bits per heavy atom. The van der Waals surface area contributed by atoms with E-state index in [4.69, 9.17) is 15.0 Å². The monoisotopic (exact) mass is 347 g/mol. The fourth-order valence-corrected chi connectivity index (χ4v) is 3.05. The number of benzene rings is 1. The van der Waals surface area contributed by atoms with Crippen LogP contribution in [0.3, 0.4) is 0 Å². The minimum Gasteiger partial charge on any atom is -0.393 e. The van der Waals surface area contributed by atoms with Crippen molar-refractivity contribution >= 4 is 11.4 Å². The smallest absolute Gasteiger partial charge is 0.292 e. The molecule has 0 atom stereocenters. The van der Waals surface area contributed by atoms with Crippen molar-refractivity contribution in [1.82, 2.24) is 5.16 Å². The zero-order chi connectivity index (χ0) is 18.4. The third kappa shape index (κ3) is 4.79. The van der Waals surface area contributed by atoms with Gasteiger partial charge in [0.15, 0.2) is 0 Å². The van der Waals surface area contributed by atoms with Crippen LogP contribution in [0.25, 0.3) is 11.1 Å². The van der Waals surface area contributed by atoms with E-state index in [9.17, 15) is 10.1 Å². The molecule has 7 nitrogen and oxygen atoms in total. The van der Waals surface area contributed by atoms with Gasteiger partial charge in [-0.3, -0.25) is 10.1 Å². The van der Waals surface area contributed by atoms with Gasteiger partial charge in [0, 0.05) is 18.7 Å². The first-order valence-corrected chi connectivity index (χ1v) is 8.44. The lowest BCUT2D eigenvalue weighted by Crippen LogP contribution is -2.13. The predicted molar refractivity (Wildman–Crippen MR) is 96.4 cm³/mol. The fraction of sp³-hybridized carbons (Fsp3) is 0.500. The van der Waals surface area contributed by atoms with Crippen LogP contribution in [0, 0.1) is 24.0 Å². The molecule has 0 bridgehead atoms. The summed E-state index contributed by atoms with van der Waals surface area (Å²) >= 11 is 0. The normalized spacial score (nSPS) is 14.7. The van der Waals surface area contributed by atoms with Crippen LogP contribution in [0.15, 0.2) is 22.7 Å². The molecule has 1 aromatic heterocycles. The number of nitro benzene ring substituents is 1. The van der Waals surface area contributed by atoms with E-state index >= 15 is 0 Å². The number of hydrogen-bond acceptors (Lipinski definition) is 6. The first kappa shape index (κ1) is 18.9. The summed E-state index contributed by atoms with van der Waals surface area (Å²) in [4.78, 5) is 10.3. The molecule has 0 saturated heterocycles. The lowest BCUT2D eigenvalue weighted by Gasteiger charge is -2.19. The summed E-state index contributed by atoms with van der Waals surface area (Å²) in [5, 5.41) is 14.6.